The van der Waals surface area contributed by atoms with Gasteiger partial charge in [0.2, 0.25) is 0 Å². The van der Waals surface area contributed by atoms with E-state index in [1.165, 1.54) is 24.3 Å². The number of hydrogen-bond acceptors (Lipinski definition) is 4. The third-order valence-corrected chi connectivity index (χ3v) is 6.69. The molecule has 138 valence electrons. The van der Waals surface area contributed by atoms with E-state index in [9.17, 15) is 17.6 Å². The maximum Gasteiger partial charge on any atom is 0.255 e. The van der Waals surface area contributed by atoms with Gasteiger partial charge in [0.15, 0.2) is 9.84 Å². The summed E-state index contributed by atoms with van der Waals surface area (Å²) in [6.07, 6.45) is 0.576. The number of amides is 1. The fourth-order valence-corrected chi connectivity index (χ4v) is 3.95. The highest BCUT2D eigenvalue weighted by Crippen LogP contribution is 2.25. The number of nitrogens with one attached hydrogen (secondary N) is 2. The molecule has 0 aliphatic carbocycles. The van der Waals surface area contributed by atoms with Crippen LogP contribution >= 0.6 is 0 Å². The van der Waals surface area contributed by atoms with Gasteiger partial charge in [0.1, 0.15) is 5.82 Å². The molecule has 0 saturated heterocycles. The molecular weight excluding hydrogens is 355 g/mol. The zero-order valence-electron chi connectivity index (χ0n) is 14.7. The summed E-state index contributed by atoms with van der Waals surface area (Å²) in [7, 11) is -3.39. The Kier molecular flexibility index (Phi) is 5.11. The van der Waals surface area contributed by atoms with Crippen molar-refractivity contribution in [3.63, 3.8) is 0 Å². The van der Waals surface area contributed by atoms with Crippen LogP contribution in [0, 0.1) is 5.82 Å². The number of carbonyl (C=O) groups excluding carboxylic acids is 1. The van der Waals surface area contributed by atoms with Crippen LogP contribution in [-0.4, -0.2) is 26.1 Å². The molecule has 2 N–H and O–H groups in total. The molecule has 0 radical (unpaired) electrons. The van der Waals surface area contributed by atoms with Gasteiger partial charge >= 0.3 is 0 Å². The Morgan fingerprint density at radius 2 is 1.85 bits per heavy atom. The predicted octanol–water partition coefficient (Wildman–Crippen LogP) is 2.91. The van der Waals surface area contributed by atoms with Crippen LogP contribution in [-0.2, 0) is 22.8 Å². The SMILES string of the molecule is CC(C)S(=O)(=O)c1ccc(C(=O)Nc2ccc3c(c2F)CCNC3)cc1. The third kappa shape index (κ3) is 3.50. The summed E-state index contributed by atoms with van der Waals surface area (Å²) in [5.41, 5.74) is 1.93. The van der Waals surface area contributed by atoms with Crippen molar-refractivity contribution in [2.45, 2.75) is 37.0 Å². The Labute approximate surface area is 152 Å². The van der Waals surface area contributed by atoms with Gasteiger partial charge in [-0.3, -0.25) is 4.79 Å². The van der Waals surface area contributed by atoms with Crippen LogP contribution in [0.3, 0.4) is 0 Å². The Balaban J connectivity index is 1.81. The van der Waals surface area contributed by atoms with Gasteiger partial charge in [-0.05, 0) is 68.3 Å². The second kappa shape index (κ2) is 7.17. The largest absolute Gasteiger partial charge is 0.319 e. The minimum absolute atomic E-state index is 0.134. The number of benzene rings is 2. The van der Waals surface area contributed by atoms with Crippen molar-refractivity contribution in [3.05, 3.63) is 58.9 Å². The highest BCUT2D eigenvalue weighted by atomic mass is 32.2. The number of hydrogen-bond donors (Lipinski definition) is 2. The number of fused-ring (bicyclic) bond motifs is 1. The van der Waals surface area contributed by atoms with E-state index in [4.69, 9.17) is 0 Å². The molecule has 1 heterocycles. The molecule has 26 heavy (non-hydrogen) atoms. The molecule has 3 rings (SSSR count). The maximum absolute atomic E-state index is 14.6. The molecule has 0 unspecified atom stereocenters. The summed E-state index contributed by atoms with van der Waals surface area (Å²) in [4.78, 5) is 12.6. The van der Waals surface area contributed by atoms with Crippen molar-refractivity contribution in [2.24, 2.45) is 0 Å². The van der Waals surface area contributed by atoms with Crippen LogP contribution < -0.4 is 10.6 Å². The lowest BCUT2D eigenvalue weighted by atomic mass is 9.99. The normalized spacial score (nSPS) is 14.2. The van der Waals surface area contributed by atoms with E-state index in [-0.39, 0.29) is 16.1 Å². The number of anilines is 1. The lowest BCUT2D eigenvalue weighted by molar-refractivity contribution is 0.102. The minimum atomic E-state index is -3.39. The zero-order chi connectivity index (χ0) is 18.9. The second-order valence-corrected chi connectivity index (χ2v) is 9.07. The molecule has 7 heteroatoms. The summed E-state index contributed by atoms with van der Waals surface area (Å²) < 4.78 is 38.9. The Morgan fingerprint density at radius 1 is 1.15 bits per heavy atom. The molecule has 0 bridgehead atoms. The number of carbonyl (C=O) groups is 1. The monoisotopic (exact) mass is 376 g/mol. The van der Waals surface area contributed by atoms with Gasteiger partial charge in [0.05, 0.1) is 15.8 Å². The molecule has 5 nitrogen and oxygen atoms in total. The lowest BCUT2D eigenvalue weighted by Gasteiger charge is -2.19. The highest BCUT2D eigenvalue weighted by molar-refractivity contribution is 7.92. The summed E-state index contributed by atoms with van der Waals surface area (Å²) in [6, 6.07) is 9.03. The molecule has 1 aliphatic heterocycles. The van der Waals surface area contributed by atoms with E-state index in [0.29, 0.717) is 25.1 Å². The highest BCUT2D eigenvalue weighted by Gasteiger charge is 2.20. The van der Waals surface area contributed by atoms with Crippen LogP contribution in [0.5, 0.6) is 0 Å². The minimum Gasteiger partial charge on any atom is -0.319 e. The molecule has 1 amide bonds. The molecule has 0 atom stereocenters. The molecule has 1 aliphatic rings. The van der Waals surface area contributed by atoms with Crippen LogP contribution in [0.1, 0.15) is 35.3 Å². The Morgan fingerprint density at radius 3 is 2.50 bits per heavy atom. The average molecular weight is 376 g/mol. The molecule has 2 aromatic carbocycles. The van der Waals surface area contributed by atoms with Crippen LogP contribution in [0.4, 0.5) is 10.1 Å². The molecule has 2 aromatic rings. The lowest BCUT2D eigenvalue weighted by Crippen LogP contribution is -2.25. The molecule has 0 aromatic heterocycles. The number of rotatable bonds is 4. The van der Waals surface area contributed by atoms with Gasteiger partial charge in [-0.25, -0.2) is 12.8 Å². The van der Waals surface area contributed by atoms with Gasteiger partial charge in [-0.1, -0.05) is 6.07 Å². The summed E-state index contributed by atoms with van der Waals surface area (Å²) in [5, 5.41) is 5.21. The van der Waals surface area contributed by atoms with Crippen molar-refractivity contribution in [3.8, 4) is 0 Å². The van der Waals surface area contributed by atoms with Crippen LogP contribution in [0.25, 0.3) is 0 Å². The van der Waals surface area contributed by atoms with Gasteiger partial charge in [0, 0.05) is 12.1 Å². The first-order valence-electron chi connectivity index (χ1n) is 8.47. The summed E-state index contributed by atoms with van der Waals surface area (Å²) >= 11 is 0. The summed E-state index contributed by atoms with van der Waals surface area (Å²) in [5.74, 6) is -0.886. The molecular formula is C19H21FN2O3S. The van der Waals surface area contributed by atoms with Crippen molar-refractivity contribution in [2.75, 3.05) is 11.9 Å². The first kappa shape index (κ1) is 18.5. The predicted molar refractivity (Wildman–Crippen MR) is 98.5 cm³/mol. The van der Waals surface area contributed by atoms with Gasteiger partial charge in [-0.2, -0.15) is 0 Å². The number of halogens is 1. The molecule has 0 fully saturated rings. The van der Waals surface area contributed by atoms with E-state index < -0.39 is 26.8 Å². The van der Waals surface area contributed by atoms with Crippen molar-refractivity contribution < 1.29 is 17.6 Å². The number of sulfone groups is 1. The van der Waals surface area contributed by atoms with Crippen molar-refractivity contribution in [1.82, 2.24) is 5.32 Å². The van der Waals surface area contributed by atoms with Crippen LogP contribution in [0.15, 0.2) is 41.3 Å². The summed E-state index contributed by atoms with van der Waals surface area (Å²) in [6.45, 7) is 4.52. The van der Waals surface area contributed by atoms with Crippen molar-refractivity contribution >= 4 is 21.4 Å². The zero-order valence-corrected chi connectivity index (χ0v) is 15.5. The molecule has 0 saturated carbocycles. The standard InChI is InChI=1S/C19H21FN2O3S/c1-12(2)26(24,25)15-6-3-13(4-7-15)19(23)22-17-8-5-14-11-21-10-9-16(14)18(17)20/h3-8,12,21H,9-11H2,1-2H3,(H,22,23). The smallest absolute Gasteiger partial charge is 0.255 e. The van der Waals surface area contributed by atoms with Crippen LogP contribution in [0.2, 0.25) is 0 Å². The fraction of sp³-hybridized carbons (Fsp3) is 0.316. The first-order chi connectivity index (χ1) is 12.3. The third-order valence-electron chi connectivity index (χ3n) is 4.52. The van der Waals surface area contributed by atoms with E-state index in [1.807, 2.05) is 0 Å². The average Bonchev–Trinajstić information content (AvgIpc) is 2.64. The van der Waals surface area contributed by atoms with E-state index in [2.05, 4.69) is 10.6 Å². The first-order valence-corrected chi connectivity index (χ1v) is 10.0. The van der Waals surface area contributed by atoms with Gasteiger partial charge in [0.25, 0.3) is 5.91 Å². The van der Waals surface area contributed by atoms with E-state index >= 15 is 0 Å². The maximum atomic E-state index is 14.6. The Hall–Kier alpha value is -2.25. The topological polar surface area (TPSA) is 75.3 Å². The van der Waals surface area contributed by atoms with Gasteiger partial charge in [-0.15, -0.1) is 0 Å². The van der Waals surface area contributed by atoms with E-state index in [1.54, 1.807) is 26.0 Å². The van der Waals surface area contributed by atoms with Crippen molar-refractivity contribution in [1.29, 1.82) is 0 Å². The van der Waals surface area contributed by atoms with E-state index in [0.717, 1.165) is 5.56 Å². The van der Waals surface area contributed by atoms with Gasteiger partial charge < -0.3 is 10.6 Å². The Bertz CT molecular complexity index is 938. The second-order valence-electron chi connectivity index (χ2n) is 6.56. The molecule has 0 spiro atoms. The fourth-order valence-electron chi connectivity index (χ4n) is 2.89. The quantitative estimate of drug-likeness (QED) is 0.860.